The molecule has 0 atom stereocenters. The van der Waals surface area contributed by atoms with Gasteiger partial charge in [0.1, 0.15) is 5.69 Å². The van der Waals surface area contributed by atoms with Crippen LogP contribution in [0.5, 0.6) is 0 Å². The van der Waals surface area contributed by atoms with E-state index < -0.39 is 12.1 Å². The van der Waals surface area contributed by atoms with Crippen LogP contribution in [0, 0.1) is 0 Å². The minimum Gasteiger partial charge on any atom is -0.475 e. The first-order valence-corrected chi connectivity index (χ1v) is 10.5. The molecule has 3 aromatic heterocycles. The highest BCUT2D eigenvalue weighted by atomic mass is 32.1. The third-order valence-electron chi connectivity index (χ3n) is 4.64. The van der Waals surface area contributed by atoms with Gasteiger partial charge in [-0.1, -0.05) is 24.3 Å². The molecule has 0 aliphatic rings. The van der Waals surface area contributed by atoms with E-state index in [9.17, 15) is 18.0 Å². The summed E-state index contributed by atoms with van der Waals surface area (Å²) in [5, 5.41) is 19.5. The van der Waals surface area contributed by atoms with E-state index >= 15 is 0 Å². The number of H-pyrrole nitrogens is 1. The minimum atomic E-state index is -5.08. The SMILES string of the molecule is O=C(Nc1cc(-c2cc3ccccc3s2)c2[nH]ncc2c1)c1ccccn1.O=C(O)C(F)(F)F. The van der Waals surface area contributed by atoms with Crippen LogP contribution in [0.25, 0.3) is 31.4 Å². The smallest absolute Gasteiger partial charge is 0.475 e. The number of aromatic amines is 1. The Hall–Kier alpha value is -4.25. The Bertz CT molecular complexity index is 1450. The summed E-state index contributed by atoms with van der Waals surface area (Å²) >= 11 is 1.72. The van der Waals surface area contributed by atoms with Gasteiger partial charge in [0, 0.05) is 32.4 Å². The van der Waals surface area contributed by atoms with E-state index in [2.05, 4.69) is 38.7 Å². The molecule has 0 saturated heterocycles. The van der Waals surface area contributed by atoms with Crippen molar-refractivity contribution in [2.24, 2.45) is 0 Å². The topological polar surface area (TPSA) is 108 Å². The number of alkyl halides is 3. The van der Waals surface area contributed by atoms with Gasteiger partial charge in [0.05, 0.1) is 11.7 Å². The number of amides is 1. The summed E-state index contributed by atoms with van der Waals surface area (Å²) in [4.78, 5) is 26.6. The second-order valence-electron chi connectivity index (χ2n) is 6.98. The zero-order valence-corrected chi connectivity index (χ0v) is 17.9. The number of thiophene rings is 1. The van der Waals surface area contributed by atoms with Gasteiger partial charge in [-0.05, 0) is 41.8 Å². The summed E-state index contributed by atoms with van der Waals surface area (Å²) in [5.41, 5.74) is 3.07. The molecule has 0 fully saturated rings. The molecule has 172 valence electrons. The average molecular weight is 484 g/mol. The van der Waals surface area contributed by atoms with E-state index in [4.69, 9.17) is 9.90 Å². The number of aliphatic carboxylic acids is 1. The van der Waals surface area contributed by atoms with Crippen molar-refractivity contribution in [3.63, 3.8) is 0 Å². The number of carboxylic acids is 1. The number of nitrogens with one attached hydrogen (secondary N) is 2. The second-order valence-corrected chi connectivity index (χ2v) is 8.06. The lowest BCUT2D eigenvalue weighted by molar-refractivity contribution is -0.192. The van der Waals surface area contributed by atoms with Gasteiger partial charge in [-0.25, -0.2) is 4.79 Å². The lowest BCUT2D eigenvalue weighted by Gasteiger charge is -2.08. The zero-order valence-electron chi connectivity index (χ0n) is 17.1. The first-order valence-electron chi connectivity index (χ1n) is 9.71. The number of halogens is 3. The first-order chi connectivity index (χ1) is 16.2. The standard InChI is InChI=1S/C21H14N4OS.C2HF3O2/c26-21(17-6-3-4-8-22-17)24-15-9-14-12-23-25-20(14)16(11-15)19-10-13-5-1-2-7-18(13)27-19;3-2(4,5)1(6)7/h1-12H,(H,23,25)(H,24,26);(H,6,7). The van der Waals surface area contributed by atoms with Crippen LogP contribution in [-0.4, -0.2) is 38.3 Å². The van der Waals surface area contributed by atoms with Crippen molar-refractivity contribution in [3.8, 4) is 10.4 Å². The average Bonchev–Trinajstić information content (AvgIpc) is 3.46. The van der Waals surface area contributed by atoms with Crippen LogP contribution in [0.4, 0.5) is 18.9 Å². The van der Waals surface area contributed by atoms with E-state index in [1.54, 1.807) is 41.9 Å². The van der Waals surface area contributed by atoms with Crippen LogP contribution < -0.4 is 5.32 Å². The van der Waals surface area contributed by atoms with Crippen molar-refractivity contribution in [3.05, 3.63) is 78.8 Å². The molecule has 34 heavy (non-hydrogen) atoms. The fourth-order valence-electron chi connectivity index (χ4n) is 3.13. The number of pyridine rings is 1. The highest BCUT2D eigenvalue weighted by Crippen LogP contribution is 2.38. The highest BCUT2D eigenvalue weighted by Gasteiger charge is 2.38. The number of carbonyl (C=O) groups excluding carboxylic acids is 1. The maximum atomic E-state index is 12.5. The van der Waals surface area contributed by atoms with Gasteiger partial charge in [0.15, 0.2) is 0 Å². The fourth-order valence-corrected chi connectivity index (χ4v) is 4.22. The van der Waals surface area contributed by atoms with Crippen molar-refractivity contribution in [2.75, 3.05) is 5.32 Å². The maximum Gasteiger partial charge on any atom is 0.490 e. The molecule has 5 aromatic rings. The van der Waals surface area contributed by atoms with Crippen LogP contribution in [0.2, 0.25) is 0 Å². The van der Waals surface area contributed by atoms with Gasteiger partial charge in [-0.3, -0.25) is 14.9 Å². The number of hydrogen-bond acceptors (Lipinski definition) is 5. The Morgan fingerprint density at radius 2 is 1.74 bits per heavy atom. The predicted molar refractivity (Wildman–Crippen MR) is 123 cm³/mol. The number of fused-ring (bicyclic) bond motifs is 2. The molecule has 0 unspecified atom stereocenters. The summed E-state index contributed by atoms with van der Waals surface area (Å²) in [6.07, 6.45) is -1.71. The molecule has 0 bridgehead atoms. The minimum absolute atomic E-state index is 0.235. The number of hydrogen-bond donors (Lipinski definition) is 3. The molecule has 2 aromatic carbocycles. The van der Waals surface area contributed by atoms with Crippen molar-refractivity contribution < 1.29 is 27.9 Å². The Kier molecular flexibility index (Phi) is 6.28. The van der Waals surface area contributed by atoms with Crippen molar-refractivity contribution >= 4 is 49.9 Å². The van der Waals surface area contributed by atoms with E-state index in [-0.39, 0.29) is 5.91 Å². The van der Waals surface area contributed by atoms with E-state index in [1.165, 1.54) is 10.1 Å². The summed E-state index contributed by atoms with van der Waals surface area (Å²) in [6.45, 7) is 0. The molecule has 5 rings (SSSR count). The fraction of sp³-hybridized carbons (Fsp3) is 0.0435. The number of aromatic nitrogens is 3. The summed E-state index contributed by atoms with van der Waals surface area (Å²) < 4.78 is 33.0. The van der Waals surface area contributed by atoms with E-state index in [0.29, 0.717) is 11.4 Å². The summed E-state index contributed by atoms with van der Waals surface area (Å²) in [7, 11) is 0. The third kappa shape index (κ3) is 5.04. The summed E-state index contributed by atoms with van der Waals surface area (Å²) in [5.74, 6) is -2.99. The normalized spacial score (nSPS) is 11.1. The Labute approximate surface area is 193 Å². The quantitative estimate of drug-likeness (QED) is 0.303. The maximum absolute atomic E-state index is 12.5. The van der Waals surface area contributed by atoms with Crippen molar-refractivity contribution in [2.45, 2.75) is 6.18 Å². The van der Waals surface area contributed by atoms with Crippen LogP contribution in [-0.2, 0) is 4.79 Å². The molecule has 3 N–H and O–H groups in total. The molecule has 0 radical (unpaired) electrons. The molecule has 11 heteroatoms. The van der Waals surface area contributed by atoms with Crippen molar-refractivity contribution in [1.29, 1.82) is 0 Å². The number of benzene rings is 2. The number of anilines is 1. The van der Waals surface area contributed by atoms with E-state index in [1.807, 2.05) is 24.3 Å². The largest absolute Gasteiger partial charge is 0.490 e. The number of carboxylic acid groups (broad SMARTS) is 1. The lowest BCUT2D eigenvalue weighted by atomic mass is 10.1. The van der Waals surface area contributed by atoms with Gasteiger partial charge >= 0.3 is 12.1 Å². The van der Waals surface area contributed by atoms with Crippen LogP contribution in [0.15, 0.2) is 73.1 Å². The van der Waals surface area contributed by atoms with Crippen LogP contribution >= 0.6 is 11.3 Å². The molecule has 3 heterocycles. The number of rotatable bonds is 3. The Morgan fingerprint density at radius 3 is 2.41 bits per heavy atom. The lowest BCUT2D eigenvalue weighted by Crippen LogP contribution is -2.21. The Balaban J connectivity index is 0.000000344. The van der Waals surface area contributed by atoms with E-state index in [0.717, 1.165) is 21.3 Å². The molecule has 1 amide bonds. The van der Waals surface area contributed by atoms with Gasteiger partial charge in [0.25, 0.3) is 5.91 Å². The van der Waals surface area contributed by atoms with Gasteiger partial charge in [-0.2, -0.15) is 18.3 Å². The van der Waals surface area contributed by atoms with Gasteiger partial charge < -0.3 is 10.4 Å². The summed E-state index contributed by atoms with van der Waals surface area (Å²) in [6, 6.07) is 19.6. The van der Waals surface area contributed by atoms with Crippen LogP contribution in [0.3, 0.4) is 0 Å². The third-order valence-corrected chi connectivity index (χ3v) is 5.79. The Morgan fingerprint density at radius 1 is 1.00 bits per heavy atom. The van der Waals surface area contributed by atoms with Crippen LogP contribution in [0.1, 0.15) is 10.5 Å². The molecular weight excluding hydrogens is 469 g/mol. The molecule has 0 aliphatic carbocycles. The van der Waals surface area contributed by atoms with Gasteiger partial charge in [0.2, 0.25) is 0 Å². The second kappa shape index (κ2) is 9.32. The van der Waals surface area contributed by atoms with Gasteiger partial charge in [-0.15, -0.1) is 11.3 Å². The molecule has 7 nitrogen and oxygen atoms in total. The highest BCUT2D eigenvalue weighted by molar-refractivity contribution is 7.22. The molecule has 0 aliphatic heterocycles. The molecule has 0 saturated carbocycles. The number of carbonyl (C=O) groups is 2. The monoisotopic (exact) mass is 484 g/mol. The molecular formula is C23H15F3N4O3S. The number of nitrogens with zero attached hydrogens (tertiary/aromatic N) is 2. The zero-order chi connectivity index (χ0) is 24.3. The van der Waals surface area contributed by atoms with Crippen molar-refractivity contribution in [1.82, 2.24) is 15.2 Å². The molecule has 0 spiro atoms. The predicted octanol–water partition coefficient (Wildman–Crippen LogP) is 5.73. The first kappa shape index (κ1) is 22.9.